The highest BCUT2D eigenvalue weighted by Gasteiger charge is 2.25. The van der Waals surface area contributed by atoms with E-state index in [9.17, 15) is 4.79 Å². The maximum atomic E-state index is 11.5. The van der Waals surface area contributed by atoms with Crippen molar-refractivity contribution in [1.82, 2.24) is 5.32 Å². The molecule has 1 aliphatic rings. The van der Waals surface area contributed by atoms with Gasteiger partial charge in [-0.3, -0.25) is 4.79 Å². The van der Waals surface area contributed by atoms with Crippen LogP contribution in [-0.2, 0) is 4.79 Å². The number of halogens is 1. The van der Waals surface area contributed by atoms with E-state index in [-0.39, 0.29) is 10.7 Å². The maximum absolute atomic E-state index is 11.5. The van der Waals surface area contributed by atoms with Crippen molar-refractivity contribution >= 4 is 21.8 Å². The Hall–Kier alpha value is -0.0500. The van der Waals surface area contributed by atoms with Crippen molar-refractivity contribution in [3.63, 3.8) is 0 Å². The fraction of sp³-hybridized carbons (Fsp3) is 0.909. The van der Waals surface area contributed by atoms with Gasteiger partial charge >= 0.3 is 0 Å². The van der Waals surface area contributed by atoms with Gasteiger partial charge in [0, 0.05) is 6.04 Å². The number of nitrogens with one attached hydrogen (secondary N) is 1. The third-order valence-corrected chi connectivity index (χ3v) is 3.30. The minimum absolute atomic E-state index is 0.0740. The molecule has 1 amide bonds. The number of hydrogen-bond donors (Lipinski definition) is 1. The Morgan fingerprint density at radius 1 is 1.29 bits per heavy atom. The Labute approximate surface area is 95.0 Å². The number of carbonyl (C=O) groups excluding carboxylic acids is 1. The van der Waals surface area contributed by atoms with Gasteiger partial charge in [-0.05, 0) is 38.0 Å². The fourth-order valence-electron chi connectivity index (χ4n) is 2.38. The van der Waals surface area contributed by atoms with Gasteiger partial charge in [-0.2, -0.15) is 0 Å². The summed E-state index contributed by atoms with van der Waals surface area (Å²) in [5.41, 5.74) is 0. The maximum Gasteiger partial charge on any atom is 0.233 e. The quantitative estimate of drug-likeness (QED) is 0.762. The summed E-state index contributed by atoms with van der Waals surface area (Å²) < 4.78 is 0. The highest BCUT2D eigenvalue weighted by Crippen LogP contribution is 2.28. The van der Waals surface area contributed by atoms with Gasteiger partial charge in [-0.15, -0.1) is 0 Å². The fourth-order valence-corrected chi connectivity index (χ4v) is 2.51. The summed E-state index contributed by atoms with van der Waals surface area (Å²) in [7, 11) is 0. The molecule has 0 saturated heterocycles. The minimum atomic E-state index is -0.0740. The second kappa shape index (κ2) is 5.15. The molecule has 3 atom stereocenters. The number of carbonyl (C=O) groups is 1. The van der Waals surface area contributed by atoms with E-state index in [1.165, 1.54) is 6.42 Å². The van der Waals surface area contributed by atoms with Crippen molar-refractivity contribution in [2.24, 2.45) is 11.8 Å². The summed E-state index contributed by atoms with van der Waals surface area (Å²) in [6, 6.07) is 0.390. The number of rotatable bonds is 2. The molecule has 0 aliphatic heterocycles. The van der Waals surface area contributed by atoms with E-state index in [1.54, 1.807) is 0 Å². The van der Waals surface area contributed by atoms with E-state index in [0.717, 1.165) is 24.7 Å². The molecule has 1 rings (SSSR count). The van der Waals surface area contributed by atoms with Crippen LogP contribution in [0.1, 0.15) is 40.0 Å². The van der Waals surface area contributed by atoms with Gasteiger partial charge in [0.25, 0.3) is 0 Å². The number of alkyl halides is 1. The van der Waals surface area contributed by atoms with Crippen molar-refractivity contribution in [2.75, 3.05) is 0 Å². The lowest BCUT2D eigenvalue weighted by atomic mass is 9.80. The second-order valence-corrected chi connectivity index (χ2v) is 6.11. The van der Waals surface area contributed by atoms with E-state index < -0.39 is 0 Å². The van der Waals surface area contributed by atoms with E-state index in [2.05, 4.69) is 35.1 Å². The van der Waals surface area contributed by atoms with Crippen LogP contribution in [0.3, 0.4) is 0 Å². The molecule has 0 aromatic heterocycles. The van der Waals surface area contributed by atoms with Gasteiger partial charge in [-0.25, -0.2) is 0 Å². The SMILES string of the molecule is CC1CC(C)CC(NC(=O)C(C)Br)C1. The lowest BCUT2D eigenvalue weighted by Crippen LogP contribution is -2.42. The summed E-state index contributed by atoms with van der Waals surface area (Å²) in [4.78, 5) is 11.4. The molecule has 3 heteroatoms. The van der Waals surface area contributed by atoms with Crippen LogP contribution < -0.4 is 5.32 Å². The van der Waals surface area contributed by atoms with Gasteiger partial charge in [0.1, 0.15) is 0 Å². The lowest BCUT2D eigenvalue weighted by Gasteiger charge is -2.32. The van der Waals surface area contributed by atoms with E-state index in [4.69, 9.17) is 0 Å². The molecule has 1 fully saturated rings. The van der Waals surface area contributed by atoms with Crippen molar-refractivity contribution in [3.8, 4) is 0 Å². The van der Waals surface area contributed by atoms with Crippen molar-refractivity contribution < 1.29 is 4.79 Å². The lowest BCUT2D eigenvalue weighted by molar-refractivity contribution is -0.121. The summed E-state index contributed by atoms with van der Waals surface area (Å²) >= 11 is 3.28. The molecule has 0 aromatic carbocycles. The highest BCUT2D eigenvalue weighted by molar-refractivity contribution is 9.10. The van der Waals surface area contributed by atoms with Crippen LogP contribution in [0.15, 0.2) is 0 Å². The Kier molecular flexibility index (Phi) is 4.42. The Bertz CT molecular complexity index is 195. The molecule has 0 aromatic rings. The largest absolute Gasteiger partial charge is 0.352 e. The predicted octanol–water partition coefficient (Wildman–Crippen LogP) is 2.71. The average molecular weight is 262 g/mol. The second-order valence-electron chi connectivity index (χ2n) is 4.74. The van der Waals surface area contributed by atoms with Crippen LogP contribution in [0.2, 0.25) is 0 Å². The van der Waals surface area contributed by atoms with Crippen LogP contribution in [0.25, 0.3) is 0 Å². The van der Waals surface area contributed by atoms with E-state index in [0.29, 0.717) is 6.04 Å². The molecule has 1 aliphatic carbocycles. The molecular weight excluding hydrogens is 242 g/mol. The standard InChI is InChI=1S/C11H20BrNO/c1-7-4-8(2)6-10(5-7)13-11(14)9(3)12/h7-10H,4-6H2,1-3H3,(H,13,14). The highest BCUT2D eigenvalue weighted by atomic mass is 79.9. The molecule has 2 nitrogen and oxygen atoms in total. The monoisotopic (exact) mass is 261 g/mol. The molecule has 1 saturated carbocycles. The zero-order chi connectivity index (χ0) is 10.7. The number of hydrogen-bond acceptors (Lipinski definition) is 1. The van der Waals surface area contributed by atoms with E-state index >= 15 is 0 Å². The molecule has 0 bridgehead atoms. The molecule has 0 heterocycles. The normalized spacial score (nSPS) is 35.0. The molecule has 82 valence electrons. The van der Waals surface area contributed by atoms with Gasteiger partial charge < -0.3 is 5.32 Å². The molecule has 0 spiro atoms. The number of amides is 1. The smallest absolute Gasteiger partial charge is 0.233 e. The zero-order valence-corrected chi connectivity index (χ0v) is 10.8. The van der Waals surface area contributed by atoms with E-state index in [1.807, 2.05) is 6.92 Å². The van der Waals surface area contributed by atoms with Gasteiger partial charge in [0.05, 0.1) is 4.83 Å². The molecule has 0 radical (unpaired) electrons. The Morgan fingerprint density at radius 3 is 2.21 bits per heavy atom. The third-order valence-electron chi connectivity index (χ3n) is 2.89. The first-order valence-electron chi connectivity index (χ1n) is 5.43. The van der Waals surface area contributed by atoms with Gasteiger partial charge in [-0.1, -0.05) is 29.8 Å². The van der Waals surface area contributed by atoms with Crippen LogP contribution in [0.4, 0.5) is 0 Å². The Balaban J connectivity index is 2.40. The molecule has 3 unspecified atom stereocenters. The summed E-state index contributed by atoms with van der Waals surface area (Å²) in [6.45, 7) is 6.41. The van der Waals surface area contributed by atoms with Crippen molar-refractivity contribution in [3.05, 3.63) is 0 Å². The first-order valence-corrected chi connectivity index (χ1v) is 6.35. The Morgan fingerprint density at radius 2 is 1.79 bits per heavy atom. The van der Waals surface area contributed by atoms with Gasteiger partial charge in [0.15, 0.2) is 0 Å². The molecule has 14 heavy (non-hydrogen) atoms. The van der Waals surface area contributed by atoms with Crippen LogP contribution in [-0.4, -0.2) is 16.8 Å². The molecular formula is C11H20BrNO. The van der Waals surface area contributed by atoms with Crippen LogP contribution >= 0.6 is 15.9 Å². The third kappa shape index (κ3) is 3.60. The van der Waals surface area contributed by atoms with Crippen LogP contribution in [0, 0.1) is 11.8 Å². The summed E-state index contributed by atoms with van der Waals surface area (Å²) in [5, 5.41) is 3.09. The van der Waals surface area contributed by atoms with Gasteiger partial charge in [0.2, 0.25) is 5.91 Å². The van der Waals surface area contributed by atoms with Crippen LogP contribution in [0.5, 0.6) is 0 Å². The predicted molar refractivity (Wildman–Crippen MR) is 62.5 cm³/mol. The molecule has 1 N–H and O–H groups in total. The summed E-state index contributed by atoms with van der Waals surface area (Å²) in [5.74, 6) is 1.61. The first kappa shape index (κ1) is 12.0. The average Bonchev–Trinajstić information content (AvgIpc) is 2.01. The summed E-state index contributed by atoms with van der Waals surface area (Å²) in [6.07, 6.45) is 3.57. The topological polar surface area (TPSA) is 29.1 Å². The minimum Gasteiger partial charge on any atom is -0.352 e. The van der Waals surface area contributed by atoms with Crippen molar-refractivity contribution in [2.45, 2.75) is 50.9 Å². The zero-order valence-electron chi connectivity index (χ0n) is 9.22. The first-order chi connectivity index (χ1) is 6.49. The van der Waals surface area contributed by atoms with Crippen molar-refractivity contribution in [1.29, 1.82) is 0 Å².